The lowest BCUT2D eigenvalue weighted by Gasteiger charge is -2.31. The second-order valence-electron chi connectivity index (χ2n) is 9.43. The quantitative estimate of drug-likeness (QED) is 0.559. The van der Waals surface area contributed by atoms with Crippen molar-refractivity contribution >= 4 is 29.1 Å². The minimum Gasteiger partial charge on any atom is -0.379 e. The Labute approximate surface area is 212 Å². The molecule has 188 valence electrons. The van der Waals surface area contributed by atoms with Gasteiger partial charge in [0.05, 0.1) is 30.7 Å². The SMILES string of the molecule is CC(C)C(=O)N(CCN1CCOCC1)CC(=O)N1N=C(c2cccn2C)CC1c1ccc(Cl)cc1. The van der Waals surface area contributed by atoms with Crippen LogP contribution in [0.5, 0.6) is 0 Å². The predicted molar refractivity (Wildman–Crippen MR) is 136 cm³/mol. The summed E-state index contributed by atoms with van der Waals surface area (Å²) in [5, 5.41) is 6.96. The molecule has 9 heteroatoms. The van der Waals surface area contributed by atoms with Crippen molar-refractivity contribution in [1.82, 2.24) is 19.4 Å². The van der Waals surface area contributed by atoms with E-state index >= 15 is 0 Å². The molecule has 0 N–H and O–H groups in total. The van der Waals surface area contributed by atoms with Crippen molar-refractivity contribution in [3.63, 3.8) is 0 Å². The number of hydrogen-bond acceptors (Lipinski definition) is 5. The first kappa shape index (κ1) is 25.4. The zero-order chi connectivity index (χ0) is 24.9. The fourth-order valence-electron chi connectivity index (χ4n) is 4.56. The number of benzene rings is 1. The van der Waals surface area contributed by atoms with Gasteiger partial charge in [-0.2, -0.15) is 5.10 Å². The van der Waals surface area contributed by atoms with Gasteiger partial charge in [-0.05, 0) is 29.8 Å². The second-order valence-corrected chi connectivity index (χ2v) is 9.87. The average Bonchev–Trinajstić information content (AvgIpc) is 3.48. The Bertz CT molecular complexity index is 1060. The third-order valence-electron chi connectivity index (χ3n) is 6.58. The van der Waals surface area contributed by atoms with Gasteiger partial charge in [-0.25, -0.2) is 5.01 Å². The Kier molecular flexibility index (Phi) is 8.26. The van der Waals surface area contributed by atoms with Gasteiger partial charge >= 0.3 is 0 Å². The Balaban J connectivity index is 1.55. The maximum atomic E-state index is 13.6. The lowest BCUT2D eigenvalue weighted by atomic mass is 10.0. The molecule has 1 saturated heterocycles. The zero-order valence-electron chi connectivity index (χ0n) is 20.7. The van der Waals surface area contributed by atoms with E-state index in [1.54, 1.807) is 9.91 Å². The monoisotopic (exact) mass is 499 g/mol. The molecule has 3 heterocycles. The number of hydrazone groups is 1. The van der Waals surface area contributed by atoms with Gasteiger partial charge in [0.25, 0.3) is 5.91 Å². The highest BCUT2D eigenvalue weighted by Gasteiger charge is 2.35. The highest BCUT2D eigenvalue weighted by molar-refractivity contribution is 6.30. The van der Waals surface area contributed by atoms with E-state index in [9.17, 15) is 9.59 Å². The lowest BCUT2D eigenvalue weighted by molar-refractivity contribution is -0.143. The summed E-state index contributed by atoms with van der Waals surface area (Å²) < 4.78 is 7.43. The molecule has 0 radical (unpaired) electrons. The van der Waals surface area contributed by atoms with Crippen LogP contribution in [-0.2, 0) is 21.4 Å². The van der Waals surface area contributed by atoms with Gasteiger partial charge in [0, 0.05) is 56.8 Å². The number of amides is 2. The summed E-state index contributed by atoms with van der Waals surface area (Å²) in [5.41, 5.74) is 2.79. The smallest absolute Gasteiger partial charge is 0.262 e. The van der Waals surface area contributed by atoms with E-state index in [0.29, 0.717) is 37.7 Å². The molecule has 2 aliphatic heterocycles. The largest absolute Gasteiger partial charge is 0.379 e. The predicted octanol–water partition coefficient (Wildman–Crippen LogP) is 3.17. The van der Waals surface area contributed by atoms with Crippen LogP contribution in [0.1, 0.15) is 37.6 Å². The summed E-state index contributed by atoms with van der Waals surface area (Å²) in [5.74, 6) is -0.411. The Morgan fingerprint density at radius 1 is 1.17 bits per heavy atom. The van der Waals surface area contributed by atoms with E-state index in [2.05, 4.69) is 4.90 Å². The van der Waals surface area contributed by atoms with Crippen molar-refractivity contribution in [3.8, 4) is 0 Å². The van der Waals surface area contributed by atoms with Gasteiger partial charge in [-0.15, -0.1) is 0 Å². The number of halogens is 1. The van der Waals surface area contributed by atoms with Gasteiger partial charge in [-0.1, -0.05) is 37.6 Å². The molecule has 1 aromatic heterocycles. The molecule has 1 unspecified atom stereocenters. The lowest BCUT2D eigenvalue weighted by Crippen LogP contribution is -2.47. The highest BCUT2D eigenvalue weighted by atomic mass is 35.5. The summed E-state index contributed by atoms with van der Waals surface area (Å²) in [6.07, 6.45) is 2.56. The van der Waals surface area contributed by atoms with Gasteiger partial charge in [0.1, 0.15) is 6.54 Å². The van der Waals surface area contributed by atoms with Crippen LogP contribution in [0.25, 0.3) is 0 Å². The molecule has 0 aliphatic carbocycles. The third kappa shape index (κ3) is 6.12. The van der Waals surface area contributed by atoms with E-state index in [4.69, 9.17) is 21.4 Å². The fraction of sp³-hybridized carbons (Fsp3) is 0.500. The Morgan fingerprint density at radius 3 is 2.51 bits per heavy atom. The molecule has 8 nitrogen and oxygen atoms in total. The van der Waals surface area contributed by atoms with Gasteiger partial charge in [0.2, 0.25) is 5.91 Å². The summed E-state index contributed by atoms with van der Waals surface area (Å²) in [4.78, 5) is 30.6. The number of aromatic nitrogens is 1. The number of rotatable bonds is 8. The van der Waals surface area contributed by atoms with Crippen LogP contribution in [0.4, 0.5) is 0 Å². The van der Waals surface area contributed by atoms with Crippen LogP contribution >= 0.6 is 11.6 Å². The summed E-state index contributed by atoms with van der Waals surface area (Å²) in [6.45, 7) is 8.02. The number of carbonyl (C=O) groups excluding carboxylic acids is 2. The molecule has 2 aromatic rings. The minimum absolute atomic E-state index is 0.00460. The molecule has 0 spiro atoms. The number of carbonyl (C=O) groups is 2. The highest BCUT2D eigenvalue weighted by Crippen LogP contribution is 2.33. The van der Waals surface area contributed by atoms with Crippen LogP contribution in [0.3, 0.4) is 0 Å². The fourth-order valence-corrected chi connectivity index (χ4v) is 4.68. The maximum Gasteiger partial charge on any atom is 0.262 e. The standard InChI is InChI=1S/C26H34ClN5O3/c1-19(2)26(34)31(12-11-30-13-15-35-16-14-30)18-25(33)32-24(20-6-8-21(27)9-7-20)17-22(28-32)23-5-4-10-29(23)3/h4-10,19,24H,11-18H2,1-3H3. The molecular formula is C26H34ClN5O3. The van der Waals surface area contributed by atoms with Crippen molar-refractivity contribution < 1.29 is 14.3 Å². The Hall–Kier alpha value is -2.68. The Morgan fingerprint density at radius 2 is 1.89 bits per heavy atom. The first-order valence-electron chi connectivity index (χ1n) is 12.2. The van der Waals surface area contributed by atoms with E-state index in [1.165, 1.54) is 0 Å². The topological polar surface area (TPSA) is 70.4 Å². The van der Waals surface area contributed by atoms with Crippen LogP contribution in [0.15, 0.2) is 47.7 Å². The average molecular weight is 500 g/mol. The van der Waals surface area contributed by atoms with E-state index in [0.717, 1.165) is 30.1 Å². The molecule has 2 aliphatic rings. The first-order chi connectivity index (χ1) is 16.8. The van der Waals surface area contributed by atoms with E-state index in [1.807, 2.05) is 68.1 Å². The number of aryl methyl sites for hydroxylation is 1. The van der Waals surface area contributed by atoms with Gasteiger partial charge in [0.15, 0.2) is 0 Å². The first-order valence-corrected chi connectivity index (χ1v) is 12.6. The van der Waals surface area contributed by atoms with Crippen molar-refractivity contribution in [2.45, 2.75) is 26.3 Å². The molecule has 2 amide bonds. The molecule has 1 aromatic carbocycles. The van der Waals surface area contributed by atoms with Gasteiger partial charge in [-0.3, -0.25) is 14.5 Å². The van der Waals surface area contributed by atoms with E-state index < -0.39 is 0 Å². The molecule has 0 saturated carbocycles. The number of ether oxygens (including phenoxy) is 1. The molecule has 1 fully saturated rings. The van der Waals surface area contributed by atoms with Crippen LogP contribution in [-0.4, -0.2) is 82.8 Å². The van der Waals surface area contributed by atoms with Crippen molar-refractivity contribution in [3.05, 3.63) is 58.9 Å². The molecular weight excluding hydrogens is 466 g/mol. The van der Waals surface area contributed by atoms with Crippen LogP contribution in [0, 0.1) is 5.92 Å². The van der Waals surface area contributed by atoms with Crippen molar-refractivity contribution in [2.75, 3.05) is 45.9 Å². The molecule has 1 atom stereocenters. The summed E-state index contributed by atoms with van der Waals surface area (Å²) in [6, 6.07) is 11.3. The molecule has 4 rings (SSSR count). The second kappa shape index (κ2) is 11.4. The van der Waals surface area contributed by atoms with Crippen molar-refractivity contribution in [1.29, 1.82) is 0 Å². The molecule has 0 bridgehead atoms. The van der Waals surface area contributed by atoms with Gasteiger partial charge < -0.3 is 14.2 Å². The molecule has 35 heavy (non-hydrogen) atoms. The normalized spacial score (nSPS) is 18.7. The summed E-state index contributed by atoms with van der Waals surface area (Å²) in [7, 11) is 1.97. The summed E-state index contributed by atoms with van der Waals surface area (Å²) >= 11 is 6.11. The van der Waals surface area contributed by atoms with E-state index in [-0.39, 0.29) is 30.3 Å². The number of nitrogens with zero attached hydrogens (tertiary/aromatic N) is 5. The minimum atomic E-state index is -0.250. The van der Waals surface area contributed by atoms with Crippen LogP contribution < -0.4 is 0 Å². The van der Waals surface area contributed by atoms with Crippen LogP contribution in [0.2, 0.25) is 5.02 Å². The third-order valence-corrected chi connectivity index (χ3v) is 6.83. The van der Waals surface area contributed by atoms with Crippen molar-refractivity contribution in [2.24, 2.45) is 18.1 Å². The zero-order valence-corrected chi connectivity index (χ0v) is 21.4. The maximum absolute atomic E-state index is 13.6. The number of morpholine rings is 1. The number of hydrogen-bond donors (Lipinski definition) is 0.